The Labute approximate surface area is 228 Å². The van der Waals surface area contributed by atoms with Crippen molar-refractivity contribution in [1.82, 2.24) is 19.8 Å². The lowest BCUT2D eigenvalue weighted by Crippen LogP contribution is -2.24. The highest BCUT2D eigenvalue weighted by molar-refractivity contribution is 5.32. The number of ether oxygens (including phenoxy) is 4. The molecule has 0 aliphatic carbocycles. The smallest absolute Gasteiger partial charge is 0.142 e. The molecule has 2 fully saturated rings. The van der Waals surface area contributed by atoms with E-state index in [0.717, 1.165) is 86.4 Å². The molecule has 2 aliphatic heterocycles. The van der Waals surface area contributed by atoms with Gasteiger partial charge < -0.3 is 28.7 Å². The molecule has 2 aliphatic rings. The first-order valence-electron chi connectivity index (χ1n) is 14.1. The second-order valence-electron chi connectivity index (χ2n) is 11.4. The van der Waals surface area contributed by atoms with E-state index in [1.165, 1.54) is 0 Å². The summed E-state index contributed by atoms with van der Waals surface area (Å²) in [6.45, 7) is 11.9. The second kappa shape index (κ2) is 13.7. The lowest BCUT2D eigenvalue weighted by Gasteiger charge is -2.23. The lowest BCUT2D eigenvalue weighted by molar-refractivity contribution is 0.139. The first kappa shape index (κ1) is 28.7. The molecule has 8 nitrogen and oxygen atoms in total. The maximum Gasteiger partial charge on any atom is 0.142 e. The average Bonchev–Trinajstić information content (AvgIpc) is 3.59. The molecule has 4 rings (SSSR count). The van der Waals surface area contributed by atoms with Crippen LogP contribution in [0, 0.1) is 0 Å². The number of pyridine rings is 2. The van der Waals surface area contributed by atoms with Gasteiger partial charge in [-0.1, -0.05) is 20.8 Å². The van der Waals surface area contributed by atoms with Crippen molar-refractivity contribution < 1.29 is 18.9 Å². The summed E-state index contributed by atoms with van der Waals surface area (Å²) >= 11 is 0. The highest BCUT2D eigenvalue weighted by Gasteiger charge is 2.22. The van der Waals surface area contributed by atoms with E-state index < -0.39 is 0 Å². The summed E-state index contributed by atoms with van der Waals surface area (Å²) in [5, 5.41) is 0. The quantitative estimate of drug-likeness (QED) is 0.375. The van der Waals surface area contributed by atoms with Crippen LogP contribution in [-0.4, -0.2) is 86.1 Å². The molecule has 210 valence electrons. The standard InChI is InChI=1S/C30H46N4O4/c1-21(2)25-7-9-30(38-24-13-16-36-20-24)28(31-25)18-34(6)14-11-22(3)26-8-10-29(27(32-26)17-33(4)5)37-23-12-15-35-19-23/h7-10,21-24H,11-20H2,1-6H3/t22?,23-,24+/m0/s1. The van der Waals surface area contributed by atoms with Crippen molar-refractivity contribution in [2.75, 3.05) is 54.1 Å². The van der Waals surface area contributed by atoms with Gasteiger partial charge in [-0.2, -0.15) is 0 Å². The van der Waals surface area contributed by atoms with Gasteiger partial charge in [0.25, 0.3) is 0 Å². The molecule has 4 heterocycles. The molecule has 3 atom stereocenters. The molecule has 0 bridgehead atoms. The van der Waals surface area contributed by atoms with Gasteiger partial charge in [0.15, 0.2) is 0 Å². The van der Waals surface area contributed by atoms with Gasteiger partial charge in [0.05, 0.1) is 37.8 Å². The minimum atomic E-state index is 0.112. The molecule has 2 aromatic heterocycles. The molecule has 0 N–H and O–H groups in total. The summed E-state index contributed by atoms with van der Waals surface area (Å²) < 4.78 is 23.5. The minimum Gasteiger partial charge on any atom is -0.486 e. The topological polar surface area (TPSA) is 69.2 Å². The summed E-state index contributed by atoms with van der Waals surface area (Å²) in [6, 6.07) is 8.39. The summed E-state index contributed by atoms with van der Waals surface area (Å²) in [4.78, 5) is 14.5. The van der Waals surface area contributed by atoms with Gasteiger partial charge in [-0.25, -0.2) is 0 Å². The monoisotopic (exact) mass is 526 g/mol. The third-order valence-electron chi connectivity index (χ3n) is 7.20. The number of rotatable bonds is 13. The Balaban J connectivity index is 1.39. The highest BCUT2D eigenvalue weighted by Crippen LogP contribution is 2.28. The summed E-state index contributed by atoms with van der Waals surface area (Å²) in [5.74, 6) is 2.45. The van der Waals surface area contributed by atoms with Crippen LogP contribution in [-0.2, 0) is 22.6 Å². The molecular weight excluding hydrogens is 480 g/mol. The summed E-state index contributed by atoms with van der Waals surface area (Å²) in [7, 11) is 6.29. The SMILES string of the molecule is CC(C)c1ccc(O[C@@H]2CCOC2)c(CN(C)CCC(C)c2ccc(O[C@H]3CCOC3)c(CN(C)C)n2)n1. The fraction of sp³-hybridized carbons (Fsp3) is 0.667. The maximum absolute atomic E-state index is 6.29. The van der Waals surface area contributed by atoms with E-state index in [1.54, 1.807) is 0 Å². The zero-order valence-corrected chi connectivity index (χ0v) is 24.1. The van der Waals surface area contributed by atoms with Crippen LogP contribution < -0.4 is 9.47 Å². The van der Waals surface area contributed by atoms with Crippen molar-refractivity contribution >= 4 is 0 Å². The van der Waals surface area contributed by atoms with E-state index in [1.807, 2.05) is 0 Å². The van der Waals surface area contributed by atoms with Crippen LogP contribution >= 0.6 is 0 Å². The average molecular weight is 527 g/mol. The molecule has 0 radical (unpaired) electrons. The Bertz CT molecular complexity index is 1020. The number of nitrogens with zero attached hydrogens (tertiary/aromatic N) is 4. The minimum absolute atomic E-state index is 0.112. The first-order chi connectivity index (χ1) is 18.3. The van der Waals surface area contributed by atoms with E-state index in [9.17, 15) is 0 Å². The van der Waals surface area contributed by atoms with Crippen LogP contribution in [0.15, 0.2) is 24.3 Å². The Morgan fingerprint density at radius 3 is 1.89 bits per heavy atom. The zero-order valence-electron chi connectivity index (χ0n) is 24.1. The fourth-order valence-electron chi connectivity index (χ4n) is 4.82. The fourth-order valence-corrected chi connectivity index (χ4v) is 4.82. The van der Waals surface area contributed by atoms with E-state index in [0.29, 0.717) is 25.0 Å². The zero-order chi connectivity index (χ0) is 27.1. The predicted molar refractivity (Wildman–Crippen MR) is 149 cm³/mol. The van der Waals surface area contributed by atoms with E-state index in [-0.39, 0.29) is 12.2 Å². The van der Waals surface area contributed by atoms with Crippen LogP contribution in [0.25, 0.3) is 0 Å². The largest absolute Gasteiger partial charge is 0.486 e. The van der Waals surface area contributed by atoms with E-state index in [4.69, 9.17) is 28.9 Å². The highest BCUT2D eigenvalue weighted by atomic mass is 16.6. The molecule has 0 spiro atoms. The molecule has 0 saturated carbocycles. The summed E-state index contributed by atoms with van der Waals surface area (Å²) in [5.41, 5.74) is 4.20. The Morgan fingerprint density at radius 2 is 1.37 bits per heavy atom. The van der Waals surface area contributed by atoms with Crippen molar-refractivity contribution in [1.29, 1.82) is 0 Å². The third kappa shape index (κ3) is 8.12. The predicted octanol–water partition coefficient (Wildman–Crippen LogP) is 4.62. The van der Waals surface area contributed by atoms with Gasteiger partial charge in [-0.05, 0) is 70.2 Å². The Kier molecular flexibility index (Phi) is 10.4. The Hall–Kier alpha value is -2.26. The van der Waals surface area contributed by atoms with Gasteiger partial charge in [0.1, 0.15) is 23.7 Å². The van der Waals surface area contributed by atoms with Crippen LogP contribution in [0.3, 0.4) is 0 Å². The van der Waals surface area contributed by atoms with E-state index >= 15 is 0 Å². The number of hydrogen-bond donors (Lipinski definition) is 0. The molecule has 0 amide bonds. The normalized spacial score (nSPS) is 20.6. The number of aromatic nitrogens is 2. The van der Waals surface area contributed by atoms with Crippen molar-refractivity contribution in [3.63, 3.8) is 0 Å². The molecule has 2 saturated heterocycles. The van der Waals surface area contributed by atoms with Crippen LogP contribution in [0.2, 0.25) is 0 Å². The number of hydrogen-bond acceptors (Lipinski definition) is 8. The maximum atomic E-state index is 6.29. The van der Waals surface area contributed by atoms with Gasteiger partial charge in [0, 0.05) is 37.3 Å². The Morgan fingerprint density at radius 1 is 0.816 bits per heavy atom. The van der Waals surface area contributed by atoms with Crippen LogP contribution in [0.5, 0.6) is 11.5 Å². The molecule has 38 heavy (non-hydrogen) atoms. The van der Waals surface area contributed by atoms with Crippen molar-refractivity contribution in [2.24, 2.45) is 0 Å². The van der Waals surface area contributed by atoms with Gasteiger partial charge in [-0.3, -0.25) is 9.97 Å². The molecular formula is C30H46N4O4. The van der Waals surface area contributed by atoms with Gasteiger partial charge in [-0.15, -0.1) is 0 Å². The molecule has 8 heteroatoms. The first-order valence-corrected chi connectivity index (χ1v) is 14.1. The lowest BCUT2D eigenvalue weighted by atomic mass is 10.0. The molecule has 0 aromatic carbocycles. The second-order valence-corrected chi connectivity index (χ2v) is 11.4. The van der Waals surface area contributed by atoms with Crippen molar-refractivity contribution in [3.8, 4) is 11.5 Å². The summed E-state index contributed by atoms with van der Waals surface area (Å²) in [6.07, 6.45) is 3.09. The van der Waals surface area contributed by atoms with Gasteiger partial charge in [0.2, 0.25) is 0 Å². The van der Waals surface area contributed by atoms with Crippen LogP contribution in [0.4, 0.5) is 0 Å². The molecule has 1 unspecified atom stereocenters. The van der Waals surface area contributed by atoms with E-state index in [2.05, 4.69) is 76.0 Å². The van der Waals surface area contributed by atoms with Crippen molar-refractivity contribution in [3.05, 3.63) is 47.0 Å². The van der Waals surface area contributed by atoms with Crippen LogP contribution in [0.1, 0.15) is 74.6 Å². The molecule has 2 aromatic rings. The third-order valence-corrected chi connectivity index (χ3v) is 7.20. The van der Waals surface area contributed by atoms with Crippen molar-refractivity contribution in [2.45, 2.75) is 77.2 Å². The van der Waals surface area contributed by atoms with Gasteiger partial charge >= 0.3 is 0 Å².